The molecule has 2 N–H and O–H groups in total. The van der Waals surface area contributed by atoms with E-state index in [4.69, 9.17) is 20.8 Å². The molecule has 9 heteroatoms. The highest BCUT2D eigenvalue weighted by Crippen LogP contribution is 2.34. The first-order valence-electron chi connectivity index (χ1n) is 12.4. The molecule has 3 aromatic carbocycles. The van der Waals surface area contributed by atoms with Gasteiger partial charge in [0.15, 0.2) is 12.1 Å². The van der Waals surface area contributed by atoms with Crippen LogP contribution in [0.25, 0.3) is 0 Å². The summed E-state index contributed by atoms with van der Waals surface area (Å²) in [4.78, 5) is 40.5. The maximum atomic E-state index is 13.4. The number of halogens is 1. The number of cyclic esters (lactones) is 1. The molecule has 5 rings (SSSR count). The first-order chi connectivity index (χ1) is 18.9. The van der Waals surface area contributed by atoms with E-state index in [1.165, 1.54) is 11.2 Å². The summed E-state index contributed by atoms with van der Waals surface area (Å²) in [6.45, 7) is 2.37. The Morgan fingerprint density at radius 1 is 0.974 bits per heavy atom. The zero-order valence-electron chi connectivity index (χ0n) is 21.1. The van der Waals surface area contributed by atoms with E-state index in [9.17, 15) is 14.4 Å². The van der Waals surface area contributed by atoms with Crippen LogP contribution in [0.3, 0.4) is 0 Å². The highest BCUT2D eigenvalue weighted by Gasteiger charge is 2.47. The first kappa shape index (κ1) is 26.1. The average molecular weight is 544 g/mol. The lowest BCUT2D eigenvalue weighted by molar-refractivity contribution is -0.126. The van der Waals surface area contributed by atoms with Gasteiger partial charge in [-0.3, -0.25) is 14.5 Å². The third-order valence-corrected chi connectivity index (χ3v) is 6.66. The number of aryl methyl sites for hydroxylation is 1. The Balaban J connectivity index is 1.36. The molecule has 1 aliphatic heterocycles. The molecule has 0 radical (unpaired) electrons. The molecule has 1 fully saturated rings. The van der Waals surface area contributed by atoms with Crippen LogP contribution in [0.5, 0.6) is 0 Å². The molecule has 2 unspecified atom stereocenters. The van der Waals surface area contributed by atoms with Crippen LogP contribution in [0.15, 0.2) is 95.6 Å². The fourth-order valence-electron chi connectivity index (χ4n) is 4.38. The van der Waals surface area contributed by atoms with Gasteiger partial charge in [-0.1, -0.05) is 59.6 Å². The minimum Gasteiger partial charge on any atom is -0.467 e. The number of nitrogens with zero attached hydrogens (tertiary/aromatic N) is 1. The predicted octanol–water partition coefficient (Wildman–Crippen LogP) is 5.87. The number of amides is 3. The topological polar surface area (TPSA) is 101 Å². The van der Waals surface area contributed by atoms with Crippen molar-refractivity contribution in [3.63, 3.8) is 0 Å². The SMILES string of the molecule is Cc1ccc(CN2C(=O)OC(c3ccc(NC(=O)c4cccc(Cl)c4)cc3)C2C(=O)NCc2ccco2)cc1. The summed E-state index contributed by atoms with van der Waals surface area (Å²) in [5.41, 5.74) is 3.56. The van der Waals surface area contributed by atoms with Gasteiger partial charge in [0.2, 0.25) is 5.91 Å². The summed E-state index contributed by atoms with van der Waals surface area (Å²) < 4.78 is 11.1. The van der Waals surface area contributed by atoms with Crippen LogP contribution >= 0.6 is 11.6 Å². The second kappa shape index (κ2) is 11.4. The molecule has 2 heterocycles. The van der Waals surface area contributed by atoms with Gasteiger partial charge in [0.25, 0.3) is 5.91 Å². The third-order valence-electron chi connectivity index (χ3n) is 6.43. The van der Waals surface area contributed by atoms with Crippen LogP contribution in [-0.4, -0.2) is 28.8 Å². The van der Waals surface area contributed by atoms with Crippen LogP contribution in [0, 0.1) is 6.92 Å². The number of rotatable bonds is 8. The maximum Gasteiger partial charge on any atom is 0.411 e. The lowest BCUT2D eigenvalue weighted by Crippen LogP contribution is -2.46. The summed E-state index contributed by atoms with van der Waals surface area (Å²) >= 11 is 5.99. The molecular weight excluding hydrogens is 518 g/mol. The molecule has 8 nitrogen and oxygen atoms in total. The second-order valence-corrected chi connectivity index (χ2v) is 9.68. The Morgan fingerprint density at radius 3 is 2.44 bits per heavy atom. The Kier molecular flexibility index (Phi) is 7.65. The van der Waals surface area contributed by atoms with E-state index in [1.807, 2.05) is 31.2 Å². The maximum absolute atomic E-state index is 13.4. The predicted molar refractivity (Wildman–Crippen MR) is 146 cm³/mol. The van der Waals surface area contributed by atoms with Gasteiger partial charge in [0.1, 0.15) is 5.76 Å². The van der Waals surface area contributed by atoms with Crippen LogP contribution < -0.4 is 10.6 Å². The fraction of sp³-hybridized carbons (Fsp3) is 0.167. The van der Waals surface area contributed by atoms with Crippen molar-refractivity contribution in [2.45, 2.75) is 32.2 Å². The van der Waals surface area contributed by atoms with Crippen molar-refractivity contribution in [1.29, 1.82) is 0 Å². The van der Waals surface area contributed by atoms with Crippen molar-refractivity contribution in [2.75, 3.05) is 5.32 Å². The lowest BCUT2D eigenvalue weighted by atomic mass is 10.00. The molecule has 0 bridgehead atoms. The number of carbonyl (C=O) groups excluding carboxylic acids is 3. The van der Waals surface area contributed by atoms with E-state index in [0.717, 1.165) is 11.1 Å². The monoisotopic (exact) mass is 543 g/mol. The van der Waals surface area contributed by atoms with E-state index in [1.54, 1.807) is 60.7 Å². The van der Waals surface area contributed by atoms with Gasteiger partial charge in [0, 0.05) is 16.3 Å². The Bertz CT molecular complexity index is 1470. The molecule has 0 saturated carbocycles. The molecule has 198 valence electrons. The number of carbonyl (C=O) groups is 3. The van der Waals surface area contributed by atoms with Crippen molar-refractivity contribution >= 4 is 35.2 Å². The summed E-state index contributed by atoms with van der Waals surface area (Å²) in [5.74, 6) is -0.0836. The number of furan rings is 1. The highest BCUT2D eigenvalue weighted by molar-refractivity contribution is 6.31. The Labute approximate surface area is 230 Å². The quantitative estimate of drug-likeness (QED) is 0.289. The fourth-order valence-corrected chi connectivity index (χ4v) is 4.57. The number of benzene rings is 3. The minimum atomic E-state index is -0.916. The number of hydrogen-bond donors (Lipinski definition) is 2. The summed E-state index contributed by atoms with van der Waals surface area (Å²) in [7, 11) is 0. The van der Waals surface area contributed by atoms with Crippen LogP contribution in [0.2, 0.25) is 5.02 Å². The minimum absolute atomic E-state index is 0.177. The molecule has 1 aliphatic rings. The molecule has 1 saturated heterocycles. The molecule has 2 atom stereocenters. The van der Waals surface area contributed by atoms with Gasteiger partial charge >= 0.3 is 6.09 Å². The van der Waals surface area contributed by atoms with Crippen molar-refractivity contribution in [1.82, 2.24) is 10.2 Å². The Morgan fingerprint density at radius 2 is 1.74 bits per heavy atom. The van der Waals surface area contributed by atoms with Gasteiger partial charge in [0.05, 0.1) is 19.4 Å². The zero-order valence-corrected chi connectivity index (χ0v) is 21.9. The highest BCUT2D eigenvalue weighted by atomic mass is 35.5. The van der Waals surface area contributed by atoms with Crippen molar-refractivity contribution in [3.8, 4) is 0 Å². The van der Waals surface area contributed by atoms with Crippen LogP contribution in [0.4, 0.5) is 10.5 Å². The van der Waals surface area contributed by atoms with Gasteiger partial charge in [-0.15, -0.1) is 0 Å². The summed E-state index contributed by atoms with van der Waals surface area (Å²) in [6, 6.07) is 23.8. The van der Waals surface area contributed by atoms with E-state index >= 15 is 0 Å². The average Bonchev–Trinajstić information content (AvgIpc) is 3.57. The van der Waals surface area contributed by atoms with Gasteiger partial charge in [-0.25, -0.2) is 4.79 Å². The van der Waals surface area contributed by atoms with E-state index in [0.29, 0.717) is 27.6 Å². The number of nitrogens with one attached hydrogen (secondary N) is 2. The largest absolute Gasteiger partial charge is 0.467 e. The molecule has 0 spiro atoms. The van der Waals surface area contributed by atoms with Crippen LogP contribution in [-0.2, 0) is 22.6 Å². The first-order valence-corrected chi connectivity index (χ1v) is 12.7. The Hall–Kier alpha value is -4.56. The molecule has 3 amide bonds. The number of anilines is 1. The zero-order chi connectivity index (χ0) is 27.4. The third kappa shape index (κ3) is 6.13. The van der Waals surface area contributed by atoms with Gasteiger partial charge in [-0.05, 0) is 60.5 Å². The molecular formula is C30H26ClN3O5. The smallest absolute Gasteiger partial charge is 0.411 e. The standard InChI is InChI=1S/C30H26ClN3O5/c1-19-7-9-20(10-8-19)18-34-26(29(36)32-17-25-6-3-15-38-25)27(39-30(34)37)21-11-13-24(14-12-21)33-28(35)22-4-2-5-23(31)16-22/h2-16,26-27H,17-18H2,1H3,(H,32,36)(H,33,35). The molecule has 39 heavy (non-hydrogen) atoms. The van der Waals surface area contributed by atoms with E-state index < -0.39 is 18.2 Å². The number of hydrogen-bond acceptors (Lipinski definition) is 5. The van der Waals surface area contributed by atoms with Crippen molar-refractivity contribution in [3.05, 3.63) is 124 Å². The lowest BCUT2D eigenvalue weighted by Gasteiger charge is -2.24. The van der Waals surface area contributed by atoms with Crippen molar-refractivity contribution < 1.29 is 23.5 Å². The molecule has 4 aromatic rings. The van der Waals surface area contributed by atoms with Crippen LogP contribution in [0.1, 0.15) is 38.9 Å². The van der Waals surface area contributed by atoms with E-state index in [-0.39, 0.29) is 24.9 Å². The van der Waals surface area contributed by atoms with Gasteiger partial charge < -0.3 is 19.8 Å². The van der Waals surface area contributed by atoms with Crippen molar-refractivity contribution in [2.24, 2.45) is 0 Å². The molecule has 1 aromatic heterocycles. The summed E-state index contributed by atoms with van der Waals surface area (Å²) in [6.07, 6.45) is 0.0948. The molecule has 0 aliphatic carbocycles. The second-order valence-electron chi connectivity index (χ2n) is 9.25. The normalized spacial score (nSPS) is 16.6. The number of ether oxygens (including phenoxy) is 1. The van der Waals surface area contributed by atoms with E-state index in [2.05, 4.69) is 10.6 Å². The van der Waals surface area contributed by atoms with Gasteiger partial charge in [-0.2, -0.15) is 0 Å². The summed E-state index contributed by atoms with van der Waals surface area (Å²) in [5, 5.41) is 6.15.